The fourth-order valence-corrected chi connectivity index (χ4v) is 3.04. The third-order valence-electron chi connectivity index (χ3n) is 4.63. The van der Waals surface area contributed by atoms with Crippen molar-refractivity contribution in [3.8, 4) is 5.75 Å². The number of methoxy groups -OCH3 is 1. The number of hydrogen-bond donors (Lipinski definition) is 2. The number of nitrogens with two attached hydrogens (primary N) is 1. The van der Waals surface area contributed by atoms with Gasteiger partial charge in [0.05, 0.1) is 13.7 Å². The van der Waals surface area contributed by atoms with E-state index in [1.165, 1.54) is 0 Å². The van der Waals surface area contributed by atoms with Crippen LogP contribution < -0.4 is 15.8 Å². The van der Waals surface area contributed by atoms with Crippen molar-refractivity contribution in [1.82, 2.24) is 29.9 Å². The van der Waals surface area contributed by atoms with Crippen LogP contribution in [0.25, 0.3) is 16.6 Å². The van der Waals surface area contributed by atoms with Crippen LogP contribution >= 0.6 is 0 Å². The number of nitrogens with one attached hydrogen (secondary N) is 1. The summed E-state index contributed by atoms with van der Waals surface area (Å²) in [5, 5.41) is 8.83. The minimum atomic E-state index is -0.277. The van der Waals surface area contributed by atoms with Crippen LogP contribution in [-0.2, 0) is 12.1 Å². The molecule has 3 aromatic heterocycles. The highest BCUT2D eigenvalue weighted by molar-refractivity contribution is 5.95. The van der Waals surface area contributed by atoms with E-state index in [2.05, 4.69) is 39.2 Å². The second kappa shape index (κ2) is 6.48. The molecule has 0 aliphatic carbocycles. The van der Waals surface area contributed by atoms with Gasteiger partial charge in [-0.15, -0.1) is 5.10 Å². The van der Waals surface area contributed by atoms with Crippen LogP contribution in [-0.4, -0.2) is 31.7 Å². The number of aromatic nitrogens is 5. The molecular weight excluding hydrogens is 342 g/mol. The van der Waals surface area contributed by atoms with Gasteiger partial charge in [-0.3, -0.25) is 4.98 Å². The van der Waals surface area contributed by atoms with E-state index < -0.39 is 0 Å². The summed E-state index contributed by atoms with van der Waals surface area (Å²) in [6.45, 7) is 4.67. The third kappa shape index (κ3) is 3.04. The molecule has 0 atom stereocenters. The molecule has 0 aliphatic rings. The standard InChI is InChI=1S/C19H21N7O/c1-19(2,12-6-5-9-21-10-12)22-11-15-23-17-13-7-4-8-14(27-3)16(13)24-18(20)26(17)25-15/h4-10,22H,11H2,1-3H3,(H2,20,24). The molecule has 0 fully saturated rings. The molecule has 3 N–H and O–H groups in total. The van der Waals surface area contributed by atoms with Gasteiger partial charge in [0.1, 0.15) is 11.3 Å². The normalized spacial score (nSPS) is 12.0. The SMILES string of the molecule is COc1cccc2c1nc(N)n1nc(CNC(C)(C)c3cccnc3)nc21. The highest BCUT2D eigenvalue weighted by Crippen LogP contribution is 2.27. The number of fused-ring (bicyclic) bond motifs is 3. The summed E-state index contributed by atoms with van der Waals surface area (Å²) < 4.78 is 6.95. The fourth-order valence-electron chi connectivity index (χ4n) is 3.04. The quantitative estimate of drug-likeness (QED) is 0.561. The fraction of sp³-hybridized carbons (Fsp3) is 0.263. The Labute approximate surface area is 156 Å². The summed E-state index contributed by atoms with van der Waals surface area (Å²) in [7, 11) is 1.61. The number of ether oxygens (including phenoxy) is 1. The van der Waals surface area contributed by atoms with Crippen LogP contribution in [0.4, 0.5) is 5.95 Å². The number of pyridine rings is 1. The Morgan fingerprint density at radius 1 is 1.19 bits per heavy atom. The molecule has 0 saturated heterocycles. The smallest absolute Gasteiger partial charge is 0.223 e. The summed E-state index contributed by atoms with van der Waals surface area (Å²) >= 11 is 0. The summed E-state index contributed by atoms with van der Waals surface area (Å²) in [6, 6.07) is 9.65. The Hall–Kier alpha value is -3.26. The Bertz CT molecular complexity index is 1110. The zero-order valence-corrected chi connectivity index (χ0v) is 15.5. The van der Waals surface area contributed by atoms with Gasteiger partial charge in [0.25, 0.3) is 0 Å². The van der Waals surface area contributed by atoms with Gasteiger partial charge in [-0.05, 0) is 37.6 Å². The van der Waals surface area contributed by atoms with Crippen LogP contribution in [0.1, 0.15) is 25.2 Å². The van der Waals surface area contributed by atoms with Gasteiger partial charge in [0.2, 0.25) is 5.95 Å². The van der Waals surface area contributed by atoms with E-state index in [1.807, 2.05) is 36.5 Å². The van der Waals surface area contributed by atoms with Crippen molar-refractivity contribution in [2.24, 2.45) is 0 Å². The molecule has 3 heterocycles. The Morgan fingerprint density at radius 2 is 2.04 bits per heavy atom. The lowest BCUT2D eigenvalue weighted by Crippen LogP contribution is -2.36. The predicted octanol–water partition coefficient (Wildman–Crippen LogP) is 2.29. The van der Waals surface area contributed by atoms with Gasteiger partial charge in [-0.1, -0.05) is 12.1 Å². The van der Waals surface area contributed by atoms with Crippen LogP contribution in [0, 0.1) is 0 Å². The van der Waals surface area contributed by atoms with Gasteiger partial charge in [-0.25, -0.2) is 9.97 Å². The predicted molar refractivity (Wildman–Crippen MR) is 103 cm³/mol. The van der Waals surface area contributed by atoms with E-state index in [0.717, 1.165) is 10.9 Å². The highest BCUT2D eigenvalue weighted by Gasteiger charge is 2.21. The molecule has 0 unspecified atom stereocenters. The van der Waals surface area contributed by atoms with E-state index in [0.29, 0.717) is 29.3 Å². The lowest BCUT2D eigenvalue weighted by Gasteiger charge is -2.25. The summed E-state index contributed by atoms with van der Waals surface area (Å²) in [5.41, 5.74) is 8.24. The van der Waals surface area contributed by atoms with Crippen LogP contribution in [0.5, 0.6) is 5.75 Å². The summed E-state index contributed by atoms with van der Waals surface area (Å²) in [4.78, 5) is 13.3. The molecule has 4 aromatic rings. The molecule has 0 radical (unpaired) electrons. The third-order valence-corrected chi connectivity index (χ3v) is 4.63. The molecular formula is C19H21N7O. The second-order valence-corrected chi connectivity index (χ2v) is 6.81. The van der Waals surface area contributed by atoms with Crippen LogP contribution in [0.3, 0.4) is 0 Å². The van der Waals surface area contributed by atoms with Gasteiger partial charge >= 0.3 is 0 Å². The van der Waals surface area contributed by atoms with E-state index in [-0.39, 0.29) is 11.5 Å². The number of rotatable bonds is 5. The molecule has 1 aromatic carbocycles. The molecule has 27 heavy (non-hydrogen) atoms. The topological polar surface area (TPSA) is 103 Å². The zero-order valence-electron chi connectivity index (χ0n) is 15.5. The number of anilines is 1. The maximum Gasteiger partial charge on any atom is 0.223 e. The van der Waals surface area contributed by atoms with Gasteiger partial charge < -0.3 is 15.8 Å². The van der Waals surface area contributed by atoms with E-state index >= 15 is 0 Å². The van der Waals surface area contributed by atoms with Gasteiger partial charge in [-0.2, -0.15) is 4.52 Å². The molecule has 0 spiro atoms. The minimum absolute atomic E-state index is 0.271. The van der Waals surface area contributed by atoms with Gasteiger partial charge in [0.15, 0.2) is 11.5 Å². The monoisotopic (exact) mass is 363 g/mol. The first kappa shape index (κ1) is 17.2. The number of nitrogens with zero attached hydrogens (tertiary/aromatic N) is 5. The van der Waals surface area contributed by atoms with Crippen molar-refractivity contribution >= 4 is 22.5 Å². The van der Waals surface area contributed by atoms with Crippen molar-refractivity contribution in [3.05, 3.63) is 54.1 Å². The summed E-state index contributed by atoms with van der Waals surface area (Å²) in [5.74, 6) is 1.56. The largest absolute Gasteiger partial charge is 0.494 e. The Morgan fingerprint density at radius 3 is 2.78 bits per heavy atom. The molecule has 0 amide bonds. The maximum atomic E-state index is 6.10. The number of nitrogen functional groups attached to an aromatic ring is 1. The molecule has 0 saturated carbocycles. The zero-order chi connectivity index (χ0) is 19.0. The van der Waals surface area contributed by atoms with Crippen LogP contribution in [0.2, 0.25) is 0 Å². The molecule has 0 bridgehead atoms. The van der Waals surface area contributed by atoms with E-state index in [4.69, 9.17) is 10.5 Å². The minimum Gasteiger partial charge on any atom is -0.494 e. The number of benzene rings is 1. The first-order valence-corrected chi connectivity index (χ1v) is 8.63. The molecule has 8 nitrogen and oxygen atoms in total. The maximum absolute atomic E-state index is 6.10. The highest BCUT2D eigenvalue weighted by atomic mass is 16.5. The second-order valence-electron chi connectivity index (χ2n) is 6.81. The van der Waals surface area contributed by atoms with E-state index in [9.17, 15) is 0 Å². The number of para-hydroxylation sites is 1. The van der Waals surface area contributed by atoms with Crippen molar-refractivity contribution in [3.63, 3.8) is 0 Å². The van der Waals surface area contributed by atoms with Crippen molar-refractivity contribution in [2.75, 3.05) is 12.8 Å². The Kier molecular flexibility index (Phi) is 4.12. The van der Waals surface area contributed by atoms with Crippen molar-refractivity contribution < 1.29 is 4.74 Å². The summed E-state index contributed by atoms with van der Waals surface area (Å²) in [6.07, 6.45) is 3.62. The first-order valence-electron chi connectivity index (χ1n) is 8.63. The number of hydrogen-bond acceptors (Lipinski definition) is 7. The lowest BCUT2D eigenvalue weighted by atomic mass is 9.96. The molecule has 4 rings (SSSR count). The average molecular weight is 363 g/mol. The molecule has 0 aliphatic heterocycles. The van der Waals surface area contributed by atoms with Crippen molar-refractivity contribution in [1.29, 1.82) is 0 Å². The first-order chi connectivity index (χ1) is 13.0. The van der Waals surface area contributed by atoms with Gasteiger partial charge in [0, 0.05) is 23.3 Å². The average Bonchev–Trinajstić information content (AvgIpc) is 3.12. The van der Waals surface area contributed by atoms with Crippen LogP contribution in [0.15, 0.2) is 42.7 Å². The van der Waals surface area contributed by atoms with Crippen molar-refractivity contribution in [2.45, 2.75) is 25.9 Å². The molecule has 8 heteroatoms. The van der Waals surface area contributed by atoms with E-state index in [1.54, 1.807) is 17.8 Å². The lowest BCUT2D eigenvalue weighted by molar-refractivity contribution is 0.394. The molecule has 138 valence electrons. The Balaban J connectivity index is 1.70.